The van der Waals surface area contributed by atoms with Gasteiger partial charge in [0.1, 0.15) is 0 Å². The zero-order chi connectivity index (χ0) is 15.5. The molecule has 0 radical (unpaired) electrons. The SMILES string of the molecule is C=CCN1C(=O)/C(=C\c2ccccc2)Oc2ccc(N)cc21. The van der Waals surface area contributed by atoms with Crippen molar-refractivity contribution in [1.29, 1.82) is 0 Å². The molecule has 1 heterocycles. The first-order chi connectivity index (χ1) is 10.7. The maximum Gasteiger partial charge on any atom is 0.294 e. The third-order valence-corrected chi connectivity index (χ3v) is 3.36. The number of nitrogen functional groups attached to an aromatic ring is 1. The molecule has 2 N–H and O–H groups in total. The van der Waals surface area contributed by atoms with E-state index in [1.54, 1.807) is 35.3 Å². The molecular formula is C18H16N2O2. The minimum absolute atomic E-state index is 0.207. The number of benzene rings is 2. The summed E-state index contributed by atoms with van der Waals surface area (Å²) in [6.07, 6.45) is 3.41. The van der Waals surface area contributed by atoms with E-state index in [4.69, 9.17) is 10.5 Å². The van der Waals surface area contributed by atoms with Crippen LogP contribution in [0.25, 0.3) is 6.08 Å². The Morgan fingerprint density at radius 1 is 1.18 bits per heavy atom. The number of hydrogen-bond acceptors (Lipinski definition) is 3. The average Bonchev–Trinajstić information content (AvgIpc) is 2.53. The van der Waals surface area contributed by atoms with E-state index in [1.807, 2.05) is 30.3 Å². The predicted molar refractivity (Wildman–Crippen MR) is 88.5 cm³/mol. The summed E-state index contributed by atoms with van der Waals surface area (Å²) >= 11 is 0. The smallest absolute Gasteiger partial charge is 0.294 e. The van der Waals surface area contributed by atoms with Gasteiger partial charge in [0.15, 0.2) is 11.5 Å². The number of carbonyl (C=O) groups is 1. The number of anilines is 2. The molecule has 0 spiro atoms. The quantitative estimate of drug-likeness (QED) is 0.537. The fraction of sp³-hybridized carbons (Fsp3) is 0.0556. The number of hydrogen-bond donors (Lipinski definition) is 1. The average molecular weight is 292 g/mol. The Morgan fingerprint density at radius 2 is 1.95 bits per heavy atom. The van der Waals surface area contributed by atoms with E-state index in [0.717, 1.165) is 5.56 Å². The van der Waals surface area contributed by atoms with Crippen molar-refractivity contribution >= 4 is 23.4 Å². The fourth-order valence-electron chi connectivity index (χ4n) is 2.34. The standard InChI is InChI=1S/C18H16N2O2/c1-2-10-20-15-12-14(19)8-9-16(15)22-17(18(20)21)11-13-6-4-3-5-7-13/h2-9,11-12H,1,10,19H2/b17-11+. The Kier molecular flexibility index (Phi) is 3.66. The van der Waals surface area contributed by atoms with E-state index >= 15 is 0 Å². The van der Waals surface area contributed by atoms with Crippen LogP contribution in [0.15, 0.2) is 66.9 Å². The Bertz CT molecular complexity index is 751. The van der Waals surface area contributed by atoms with Crippen LogP contribution < -0.4 is 15.4 Å². The van der Waals surface area contributed by atoms with Gasteiger partial charge in [-0.05, 0) is 29.8 Å². The molecular weight excluding hydrogens is 276 g/mol. The molecule has 0 aliphatic carbocycles. The van der Waals surface area contributed by atoms with Crippen LogP contribution in [0.4, 0.5) is 11.4 Å². The molecule has 1 aliphatic rings. The lowest BCUT2D eigenvalue weighted by molar-refractivity contribution is -0.117. The van der Waals surface area contributed by atoms with Gasteiger partial charge in [0.2, 0.25) is 0 Å². The Morgan fingerprint density at radius 3 is 2.68 bits per heavy atom. The largest absolute Gasteiger partial charge is 0.449 e. The molecule has 110 valence electrons. The highest BCUT2D eigenvalue weighted by Crippen LogP contribution is 2.37. The van der Waals surface area contributed by atoms with E-state index in [-0.39, 0.29) is 11.7 Å². The van der Waals surface area contributed by atoms with Crippen LogP contribution in [0.5, 0.6) is 5.75 Å². The normalized spacial score (nSPS) is 15.4. The van der Waals surface area contributed by atoms with Crippen molar-refractivity contribution in [3.63, 3.8) is 0 Å². The number of amides is 1. The molecule has 4 heteroatoms. The fourth-order valence-corrected chi connectivity index (χ4v) is 2.34. The molecule has 1 amide bonds. The van der Waals surface area contributed by atoms with Gasteiger partial charge < -0.3 is 10.5 Å². The van der Waals surface area contributed by atoms with Crippen LogP contribution in [-0.2, 0) is 4.79 Å². The van der Waals surface area contributed by atoms with Gasteiger partial charge in [-0.2, -0.15) is 0 Å². The van der Waals surface area contributed by atoms with Gasteiger partial charge in [0.05, 0.1) is 5.69 Å². The highest BCUT2D eigenvalue weighted by atomic mass is 16.5. The second-order valence-electron chi connectivity index (χ2n) is 4.95. The predicted octanol–water partition coefficient (Wildman–Crippen LogP) is 3.22. The number of rotatable bonds is 3. The Balaban J connectivity index is 2.05. The van der Waals surface area contributed by atoms with Crippen molar-refractivity contribution in [2.24, 2.45) is 0 Å². The highest BCUT2D eigenvalue weighted by Gasteiger charge is 2.29. The van der Waals surface area contributed by atoms with E-state index in [9.17, 15) is 4.79 Å². The van der Waals surface area contributed by atoms with Crippen LogP contribution >= 0.6 is 0 Å². The molecule has 3 rings (SSSR count). The lowest BCUT2D eigenvalue weighted by Gasteiger charge is -2.30. The van der Waals surface area contributed by atoms with Crippen molar-refractivity contribution < 1.29 is 9.53 Å². The van der Waals surface area contributed by atoms with Crippen LogP contribution in [0.2, 0.25) is 0 Å². The first-order valence-electron chi connectivity index (χ1n) is 6.96. The van der Waals surface area contributed by atoms with Gasteiger partial charge in [0, 0.05) is 12.2 Å². The summed E-state index contributed by atoms with van der Waals surface area (Å²) in [5.74, 6) is 0.685. The van der Waals surface area contributed by atoms with E-state index in [2.05, 4.69) is 6.58 Å². The van der Waals surface area contributed by atoms with Gasteiger partial charge in [0.25, 0.3) is 5.91 Å². The van der Waals surface area contributed by atoms with E-state index in [0.29, 0.717) is 23.7 Å². The summed E-state index contributed by atoms with van der Waals surface area (Å²) < 4.78 is 5.76. The van der Waals surface area contributed by atoms with Crippen LogP contribution in [0, 0.1) is 0 Å². The molecule has 0 atom stereocenters. The maximum absolute atomic E-state index is 12.6. The topological polar surface area (TPSA) is 55.6 Å². The van der Waals surface area contributed by atoms with Gasteiger partial charge in [-0.3, -0.25) is 9.69 Å². The molecule has 2 aromatic rings. The lowest BCUT2D eigenvalue weighted by atomic mass is 10.1. The van der Waals surface area contributed by atoms with E-state index < -0.39 is 0 Å². The van der Waals surface area contributed by atoms with Gasteiger partial charge in [-0.25, -0.2) is 0 Å². The van der Waals surface area contributed by atoms with Gasteiger partial charge in [-0.1, -0.05) is 36.4 Å². The van der Waals surface area contributed by atoms with Crippen molar-refractivity contribution in [1.82, 2.24) is 0 Å². The summed E-state index contributed by atoms with van der Waals surface area (Å²) in [4.78, 5) is 14.2. The second kappa shape index (κ2) is 5.77. The number of nitrogens with zero attached hydrogens (tertiary/aromatic N) is 1. The third-order valence-electron chi connectivity index (χ3n) is 3.36. The van der Waals surface area contributed by atoms with E-state index in [1.165, 1.54) is 0 Å². The summed E-state index contributed by atoms with van der Waals surface area (Å²) in [7, 11) is 0. The molecule has 22 heavy (non-hydrogen) atoms. The summed E-state index contributed by atoms with van der Waals surface area (Å²) in [6, 6.07) is 14.8. The zero-order valence-electron chi connectivity index (χ0n) is 12.0. The van der Waals surface area contributed by atoms with Gasteiger partial charge in [-0.15, -0.1) is 6.58 Å². The first-order valence-corrected chi connectivity index (χ1v) is 6.96. The summed E-state index contributed by atoms with van der Waals surface area (Å²) in [5, 5.41) is 0. The number of ether oxygens (including phenoxy) is 1. The molecule has 0 unspecified atom stereocenters. The minimum atomic E-state index is -0.207. The van der Waals surface area contributed by atoms with Crippen LogP contribution in [0.3, 0.4) is 0 Å². The van der Waals surface area contributed by atoms with Crippen molar-refractivity contribution in [2.45, 2.75) is 0 Å². The Hall–Kier alpha value is -3.01. The molecule has 0 saturated heterocycles. The Labute approximate surface area is 129 Å². The zero-order valence-corrected chi connectivity index (χ0v) is 12.0. The molecule has 1 aliphatic heterocycles. The molecule has 4 nitrogen and oxygen atoms in total. The third kappa shape index (κ3) is 2.59. The maximum atomic E-state index is 12.6. The molecule has 2 aromatic carbocycles. The molecule has 0 saturated carbocycles. The van der Waals surface area contributed by atoms with Crippen molar-refractivity contribution in [2.75, 3.05) is 17.2 Å². The number of carbonyl (C=O) groups excluding carboxylic acids is 1. The first kappa shape index (κ1) is 13.9. The molecule has 0 bridgehead atoms. The molecule has 0 aromatic heterocycles. The number of fused-ring (bicyclic) bond motifs is 1. The van der Waals surface area contributed by atoms with Crippen molar-refractivity contribution in [3.8, 4) is 5.75 Å². The second-order valence-corrected chi connectivity index (χ2v) is 4.95. The summed E-state index contributed by atoms with van der Waals surface area (Å²) in [5.41, 5.74) is 7.96. The monoisotopic (exact) mass is 292 g/mol. The van der Waals surface area contributed by atoms with Gasteiger partial charge >= 0.3 is 0 Å². The minimum Gasteiger partial charge on any atom is -0.449 e. The summed E-state index contributed by atoms with van der Waals surface area (Å²) in [6.45, 7) is 4.10. The molecule has 0 fully saturated rings. The number of nitrogens with two attached hydrogens (primary N) is 1. The van der Waals surface area contributed by atoms with Crippen molar-refractivity contribution in [3.05, 3.63) is 72.5 Å². The van der Waals surface area contributed by atoms with Crippen LogP contribution in [0.1, 0.15) is 5.56 Å². The highest BCUT2D eigenvalue weighted by molar-refractivity contribution is 6.10. The lowest BCUT2D eigenvalue weighted by Crippen LogP contribution is -2.37. The van der Waals surface area contributed by atoms with Crippen LogP contribution in [-0.4, -0.2) is 12.5 Å².